The van der Waals surface area contributed by atoms with Crippen LogP contribution in [-0.4, -0.2) is 34.8 Å². The minimum absolute atomic E-state index is 0.0221. The van der Waals surface area contributed by atoms with Crippen molar-refractivity contribution < 1.29 is 27.9 Å². The highest BCUT2D eigenvalue weighted by Crippen LogP contribution is 2.53. The summed E-state index contributed by atoms with van der Waals surface area (Å²) in [6.45, 7) is 3.60. The van der Waals surface area contributed by atoms with Crippen LogP contribution in [0.25, 0.3) is 0 Å². The number of ether oxygens (including phenoxy) is 1. The number of halogens is 5. The summed E-state index contributed by atoms with van der Waals surface area (Å²) in [5, 5.41) is 7.06. The van der Waals surface area contributed by atoms with Gasteiger partial charge in [-0.2, -0.15) is 0 Å². The minimum atomic E-state index is -1.19. The van der Waals surface area contributed by atoms with E-state index in [-0.39, 0.29) is 16.3 Å². The van der Waals surface area contributed by atoms with Crippen molar-refractivity contribution in [3.8, 4) is 0 Å². The van der Waals surface area contributed by atoms with Gasteiger partial charge in [-0.15, -0.1) is 23.2 Å². The van der Waals surface area contributed by atoms with Crippen molar-refractivity contribution in [2.24, 2.45) is 5.92 Å². The van der Waals surface area contributed by atoms with E-state index in [4.69, 9.17) is 39.5 Å². The lowest BCUT2D eigenvalue weighted by atomic mass is 10.1. The molecular formula is C23H22Cl3F2N3O4. The number of amides is 3. The van der Waals surface area contributed by atoms with Gasteiger partial charge in [0, 0.05) is 12.3 Å². The Bertz CT molecular complexity index is 1160. The molecule has 2 aromatic carbocycles. The van der Waals surface area contributed by atoms with Crippen LogP contribution in [0.5, 0.6) is 0 Å². The summed E-state index contributed by atoms with van der Waals surface area (Å²) in [7, 11) is 0. The third-order valence-electron chi connectivity index (χ3n) is 5.15. The summed E-state index contributed by atoms with van der Waals surface area (Å²) in [6, 6.07) is 6.03. The lowest BCUT2D eigenvalue weighted by Crippen LogP contribution is -2.29. The van der Waals surface area contributed by atoms with Gasteiger partial charge in [0.25, 0.3) is 11.8 Å². The monoisotopic (exact) mass is 547 g/mol. The van der Waals surface area contributed by atoms with Gasteiger partial charge < -0.3 is 20.7 Å². The normalized spacial score (nSPS) is 16.8. The second-order valence-electron chi connectivity index (χ2n) is 7.94. The standard InChI is InChI=1S/C23H22Cl3F2N3O4/c1-3-8-35-11(2)20(32)31-19-16(27)6-7-17(18(19)28)30-21(33)13-9-12(4-5-15(13)24)29-22(34)14-10-23(14,25)26/h4-7,9,11,14H,3,8,10H2,1-2H3,(H,29,34)(H,30,33)(H,31,32). The van der Waals surface area contributed by atoms with E-state index in [1.807, 2.05) is 6.92 Å². The Labute approximate surface area is 215 Å². The Kier molecular flexibility index (Phi) is 8.58. The lowest BCUT2D eigenvalue weighted by Gasteiger charge is -2.16. The Morgan fingerprint density at radius 1 is 1.14 bits per heavy atom. The molecule has 1 fully saturated rings. The first-order valence-corrected chi connectivity index (χ1v) is 11.8. The maximum atomic E-state index is 15.0. The summed E-state index contributed by atoms with van der Waals surface area (Å²) >= 11 is 17.9. The average molecular weight is 549 g/mol. The fourth-order valence-corrected chi connectivity index (χ4v) is 3.76. The van der Waals surface area contributed by atoms with Crippen LogP contribution in [0, 0.1) is 17.6 Å². The number of alkyl halides is 2. The summed E-state index contributed by atoms with van der Waals surface area (Å²) in [4.78, 5) is 37.2. The highest BCUT2D eigenvalue weighted by atomic mass is 35.5. The number of hydrogen-bond acceptors (Lipinski definition) is 4. The minimum Gasteiger partial charge on any atom is -0.369 e. The van der Waals surface area contributed by atoms with Gasteiger partial charge in [0.05, 0.1) is 22.2 Å². The van der Waals surface area contributed by atoms with Crippen molar-refractivity contribution in [2.45, 2.75) is 37.1 Å². The predicted molar refractivity (Wildman–Crippen MR) is 131 cm³/mol. The Morgan fingerprint density at radius 2 is 1.83 bits per heavy atom. The van der Waals surface area contributed by atoms with E-state index in [1.165, 1.54) is 25.1 Å². The summed E-state index contributed by atoms with van der Waals surface area (Å²) in [6.07, 6.45) is 0.0210. The van der Waals surface area contributed by atoms with Gasteiger partial charge in [0.1, 0.15) is 21.9 Å². The van der Waals surface area contributed by atoms with Crippen LogP contribution in [0.15, 0.2) is 30.3 Å². The number of anilines is 3. The first-order valence-electron chi connectivity index (χ1n) is 10.6. The molecule has 2 unspecified atom stereocenters. The van der Waals surface area contributed by atoms with Crippen LogP contribution in [0.2, 0.25) is 5.02 Å². The largest absolute Gasteiger partial charge is 0.369 e. The highest BCUT2D eigenvalue weighted by Gasteiger charge is 2.56. The molecular weight excluding hydrogens is 527 g/mol. The van der Waals surface area contributed by atoms with Crippen LogP contribution in [0.4, 0.5) is 25.8 Å². The molecule has 7 nitrogen and oxygen atoms in total. The Hall–Kier alpha value is -2.46. The second kappa shape index (κ2) is 11.1. The zero-order valence-corrected chi connectivity index (χ0v) is 21.0. The summed E-state index contributed by atoms with van der Waals surface area (Å²) in [5.74, 6) is -4.82. The number of rotatable bonds is 9. The fraction of sp³-hybridized carbons (Fsp3) is 0.348. The predicted octanol–water partition coefficient (Wildman–Crippen LogP) is 5.76. The molecule has 1 aliphatic carbocycles. The zero-order chi connectivity index (χ0) is 25.9. The molecule has 0 heterocycles. The molecule has 0 aromatic heterocycles. The van der Waals surface area contributed by atoms with E-state index in [0.717, 1.165) is 12.1 Å². The van der Waals surface area contributed by atoms with E-state index in [0.29, 0.717) is 19.4 Å². The van der Waals surface area contributed by atoms with Crippen LogP contribution in [-0.2, 0) is 14.3 Å². The van der Waals surface area contributed by atoms with E-state index < -0.39 is 57.1 Å². The van der Waals surface area contributed by atoms with Gasteiger partial charge in [0.15, 0.2) is 5.82 Å². The summed E-state index contributed by atoms with van der Waals surface area (Å²) < 4.78 is 33.4. The number of carbonyl (C=O) groups is 3. The third kappa shape index (κ3) is 6.61. The molecule has 3 amide bonds. The van der Waals surface area contributed by atoms with Gasteiger partial charge in [-0.3, -0.25) is 14.4 Å². The van der Waals surface area contributed by atoms with Gasteiger partial charge >= 0.3 is 0 Å². The molecule has 12 heteroatoms. The molecule has 1 aliphatic rings. The maximum absolute atomic E-state index is 15.0. The SMILES string of the molecule is CCCOC(C)C(=O)Nc1c(F)ccc(NC(=O)c2cc(NC(=O)C3CC3(Cl)Cl)ccc2Cl)c1F. The van der Waals surface area contributed by atoms with Crippen molar-refractivity contribution in [3.63, 3.8) is 0 Å². The van der Waals surface area contributed by atoms with Crippen molar-refractivity contribution >= 4 is 69.6 Å². The number of hydrogen-bond donors (Lipinski definition) is 3. The first-order chi connectivity index (χ1) is 16.4. The van der Waals surface area contributed by atoms with E-state index in [9.17, 15) is 23.2 Å². The molecule has 0 bridgehead atoms. The van der Waals surface area contributed by atoms with Crippen LogP contribution < -0.4 is 16.0 Å². The van der Waals surface area contributed by atoms with Crippen LogP contribution in [0.3, 0.4) is 0 Å². The van der Waals surface area contributed by atoms with Crippen LogP contribution in [0.1, 0.15) is 37.0 Å². The molecule has 35 heavy (non-hydrogen) atoms. The molecule has 3 rings (SSSR count). The first kappa shape index (κ1) is 27.1. The Balaban J connectivity index is 1.75. The topological polar surface area (TPSA) is 96.5 Å². The second-order valence-corrected chi connectivity index (χ2v) is 9.89. The van der Waals surface area contributed by atoms with E-state index in [1.54, 1.807) is 0 Å². The quantitative estimate of drug-likeness (QED) is 0.347. The van der Waals surface area contributed by atoms with Gasteiger partial charge in [-0.25, -0.2) is 8.78 Å². The molecule has 188 valence electrons. The van der Waals surface area contributed by atoms with E-state index in [2.05, 4.69) is 16.0 Å². The van der Waals surface area contributed by atoms with Crippen molar-refractivity contribution in [1.82, 2.24) is 0 Å². The van der Waals surface area contributed by atoms with Gasteiger partial charge in [-0.05, 0) is 50.1 Å². The molecule has 0 radical (unpaired) electrons. The smallest absolute Gasteiger partial charge is 0.257 e. The average Bonchev–Trinajstić information content (AvgIpc) is 3.46. The fourth-order valence-electron chi connectivity index (χ4n) is 3.05. The van der Waals surface area contributed by atoms with Crippen molar-refractivity contribution in [2.75, 3.05) is 22.6 Å². The lowest BCUT2D eigenvalue weighted by molar-refractivity contribution is -0.126. The van der Waals surface area contributed by atoms with E-state index >= 15 is 0 Å². The molecule has 0 spiro atoms. The summed E-state index contributed by atoms with van der Waals surface area (Å²) in [5.41, 5.74) is -0.971. The molecule has 0 saturated heterocycles. The van der Waals surface area contributed by atoms with Crippen molar-refractivity contribution in [3.05, 3.63) is 52.6 Å². The van der Waals surface area contributed by atoms with Crippen molar-refractivity contribution in [1.29, 1.82) is 0 Å². The number of carbonyl (C=O) groups excluding carboxylic acids is 3. The highest BCUT2D eigenvalue weighted by molar-refractivity contribution is 6.52. The molecule has 1 saturated carbocycles. The van der Waals surface area contributed by atoms with Crippen LogP contribution >= 0.6 is 34.8 Å². The maximum Gasteiger partial charge on any atom is 0.257 e. The molecule has 0 aliphatic heterocycles. The number of benzene rings is 2. The molecule has 3 N–H and O–H groups in total. The zero-order valence-electron chi connectivity index (χ0n) is 18.7. The number of nitrogens with one attached hydrogen (secondary N) is 3. The van der Waals surface area contributed by atoms with Gasteiger partial charge in [-0.1, -0.05) is 18.5 Å². The molecule has 2 atom stereocenters. The molecule has 2 aromatic rings. The van der Waals surface area contributed by atoms with Gasteiger partial charge in [0.2, 0.25) is 5.91 Å². The Morgan fingerprint density at radius 3 is 2.46 bits per heavy atom. The third-order valence-corrected chi connectivity index (χ3v) is 6.31.